The molecule has 4 N–H and O–H groups in total. The van der Waals surface area contributed by atoms with Crippen LogP contribution < -0.4 is 21.8 Å². The molecule has 0 spiro atoms. The molecule has 0 fully saturated rings. The zero-order valence-electron chi connectivity index (χ0n) is 17.5. The first kappa shape index (κ1) is 26.1. The Morgan fingerprint density at radius 2 is 1.22 bits per heavy atom. The number of H-pyrrole nitrogens is 2. The fourth-order valence-electron chi connectivity index (χ4n) is 2.68. The monoisotopic (exact) mass is 538 g/mol. The Bertz CT molecular complexity index is 1550. The minimum Gasteiger partial charge on any atom is -0.345 e. The van der Waals surface area contributed by atoms with Crippen LogP contribution in [0.5, 0.6) is 0 Å². The third kappa shape index (κ3) is 5.96. The highest BCUT2D eigenvalue weighted by molar-refractivity contribution is 7.10. The van der Waals surface area contributed by atoms with Gasteiger partial charge in [0.05, 0.1) is 0 Å². The summed E-state index contributed by atoms with van der Waals surface area (Å²) in [5, 5.41) is 23.3. The molecule has 15 heteroatoms. The molecule has 0 bridgehead atoms. The third-order valence-corrected chi connectivity index (χ3v) is 5.83. The Balaban J connectivity index is 0.000000212. The van der Waals surface area contributed by atoms with Gasteiger partial charge in [-0.25, -0.2) is 8.78 Å². The number of hydrogen-bond acceptors (Lipinski definition) is 8. The van der Waals surface area contributed by atoms with E-state index in [0.717, 1.165) is 17.2 Å². The number of nitrogens with one attached hydrogen (secondary N) is 4. The molecule has 184 valence electrons. The molecule has 0 unspecified atom stereocenters. The maximum atomic E-state index is 13.4. The lowest BCUT2D eigenvalue weighted by Gasteiger charge is -2.11. The molecule has 2 aromatic heterocycles. The van der Waals surface area contributed by atoms with E-state index in [-0.39, 0.29) is 27.4 Å². The molecule has 0 aliphatic carbocycles. The lowest BCUT2D eigenvalue weighted by molar-refractivity contribution is -0.142. The van der Waals surface area contributed by atoms with Crippen molar-refractivity contribution in [2.75, 3.05) is 10.6 Å². The molecule has 2 heterocycles. The molecule has 2 aromatic carbocycles. The second-order valence-electron chi connectivity index (χ2n) is 6.63. The largest absolute Gasteiger partial charge is 0.422 e. The standard InChI is InChI=1S/C11H4F5N3OS.C10H7N3OS/c12-6-1-4(2-7(13)8(6)11(14,15)16)18-10-5(3-17)9(20)19-21-10;11-6-8-9(14)13-15-10(8)12-7-4-2-1-3-5-7/h1-2,18H,(H,19,20);1-5,12H,(H,13,14). The molecule has 36 heavy (non-hydrogen) atoms. The van der Waals surface area contributed by atoms with E-state index in [1.165, 1.54) is 0 Å². The van der Waals surface area contributed by atoms with Crippen LogP contribution in [0.25, 0.3) is 0 Å². The number of halogens is 5. The molecule has 4 aromatic rings. The van der Waals surface area contributed by atoms with E-state index in [9.17, 15) is 31.5 Å². The van der Waals surface area contributed by atoms with Crippen LogP contribution >= 0.6 is 23.1 Å². The molecule has 0 radical (unpaired) electrons. The topological polar surface area (TPSA) is 137 Å². The molecular formula is C21H11F5N6O2S2. The van der Waals surface area contributed by atoms with E-state index in [1.54, 1.807) is 6.07 Å². The van der Waals surface area contributed by atoms with Gasteiger partial charge in [0.25, 0.3) is 11.1 Å². The van der Waals surface area contributed by atoms with Gasteiger partial charge in [-0.05, 0) is 47.3 Å². The van der Waals surface area contributed by atoms with E-state index in [1.807, 2.05) is 36.4 Å². The number of para-hydroxylation sites is 1. The van der Waals surface area contributed by atoms with Crippen molar-refractivity contribution in [2.45, 2.75) is 6.18 Å². The number of hydrogen-bond donors (Lipinski definition) is 4. The van der Waals surface area contributed by atoms with Crippen LogP contribution in [0.3, 0.4) is 0 Å². The number of nitriles is 2. The van der Waals surface area contributed by atoms with Crippen LogP contribution in [0.2, 0.25) is 0 Å². The summed E-state index contributed by atoms with van der Waals surface area (Å²) in [6.07, 6.45) is -5.16. The second-order valence-corrected chi connectivity index (χ2v) is 8.26. The number of rotatable bonds is 4. The summed E-state index contributed by atoms with van der Waals surface area (Å²) in [5.74, 6) is -3.60. The van der Waals surface area contributed by atoms with E-state index < -0.39 is 28.9 Å². The number of alkyl halides is 3. The smallest absolute Gasteiger partial charge is 0.345 e. The van der Waals surface area contributed by atoms with Gasteiger partial charge in [0.15, 0.2) is 11.1 Å². The minimum atomic E-state index is -5.16. The van der Waals surface area contributed by atoms with Gasteiger partial charge < -0.3 is 10.6 Å². The van der Waals surface area contributed by atoms with E-state index >= 15 is 0 Å². The Hall–Kier alpha value is -4.47. The molecule has 0 atom stereocenters. The molecule has 0 amide bonds. The molecule has 0 saturated carbocycles. The molecular weight excluding hydrogens is 527 g/mol. The average Bonchev–Trinajstić information content (AvgIpc) is 3.34. The van der Waals surface area contributed by atoms with Crippen LogP contribution in [0.1, 0.15) is 16.7 Å². The maximum Gasteiger partial charge on any atom is 0.422 e. The van der Waals surface area contributed by atoms with Gasteiger partial charge in [0, 0.05) is 11.4 Å². The highest BCUT2D eigenvalue weighted by atomic mass is 32.1. The molecule has 4 rings (SSSR count). The summed E-state index contributed by atoms with van der Waals surface area (Å²) < 4.78 is 68.7. The van der Waals surface area contributed by atoms with Crippen LogP contribution in [0.15, 0.2) is 52.1 Å². The van der Waals surface area contributed by atoms with Crippen LogP contribution in [0, 0.1) is 34.3 Å². The highest BCUT2D eigenvalue weighted by Crippen LogP contribution is 2.35. The first-order valence-corrected chi connectivity index (χ1v) is 11.1. The van der Waals surface area contributed by atoms with Gasteiger partial charge in [0.1, 0.15) is 39.3 Å². The predicted octanol–water partition coefficient (Wildman–Crippen LogP) is 5.40. The summed E-state index contributed by atoms with van der Waals surface area (Å²) in [6.45, 7) is 0. The molecule has 0 saturated heterocycles. The lowest BCUT2D eigenvalue weighted by Crippen LogP contribution is -2.12. The highest BCUT2D eigenvalue weighted by Gasteiger charge is 2.38. The SMILES string of the molecule is N#Cc1c(Nc2cc(F)c(C(F)(F)F)c(F)c2)s[nH]c1=O.N#Cc1c(Nc2ccccc2)s[nH]c1=O. The summed E-state index contributed by atoms with van der Waals surface area (Å²) >= 11 is 1.80. The van der Waals surface area contributed by atoms with Crippen molar-refractivity contribution in [3.05, 3.63) is 91.5 Å². The van der Waals surface area contributed by atoms with Crippen molar-refractivity contribution in [1.82, 2.24) is 8.75 Å². The van der Waals surface area contributed by atoms with Crippen LogP contribution in [0.4, 0.5) is 43.3 Å². The zero-order chi connectivity index (χ0) is 26.5. The van der Waals surface area contributed by atoms with E-state index in [2.05, 4.69) is 19.4 Å². The van der Waals surface area contributed by atoms with Crippen molar-refractivity contribution in [3.8, 4) is 12.1 Å². The van der Waals surface area contributed by atoms with E-state index in [4.69, 9.17) is 10.5 Å². The average molecular weight is 538 g/mol. The Kier molecular flexibility index (Phi) is 7.88. The van der Waals surface area contributed by atoms with Crippen molar-refractivity contribution in [2.24, 2.45) is 0 Å². The zero-order valence-corrected chi connectivity index (χ0v) is 19.1. The van der Waals surface area contributed by atoms with Crippen molar-refractivity contribution >= 4 is 44.4 Å². The molecule has 0 aliphatic rings. The Morgan fingerprint density at radius 3 is 1.64 bits per heavy atom. The maximum absolute atomic E-state index is 13.4. The summed E-state index contributed by atoms with van der Waals surface area (Å²) in [6, 6.07) is 13.7. The summed E-state index contributed by atoms with van der Waals surface area (Å²) in [4.78, 5) is 22.3. The fourth-order valence-corrected chi connectivity index (χ4v) is 4.10. The van der Waals surface area contributed by atoms with Gasteiger partial charge in [-0.1, -0.05) is 18.2 Å². The quantitative estimate of drug-likeness (QED) is 0.257. The third-order valence-electron chi connectivity index (χ3n) is 4.24. The van der Waals surface area contributed by atoms with Gasteiger partial charge in [-0.15, -0.1) is 0 Å². The number of anilines is 4. The fraction of sp³-hybridized carbons (Fsp3) is 0.0476. The van der Waals surface area contributed by atoms with E-state index in [0.29, 0.717) is 28.7 Å². The number of aromatic amines is 2. The van der Waals surface area contributed by atoms with Crippen molar-refractivity contribution in [1.29, 1.82) is 10.5 Å². The first-order valence-electron chi connectivity index (χ1n) is 9.43. The number of nitrogens with zero attached hydrogens (tertiary/aromatic N) is 2. The summed E-state index contributed by atoms with van der Waals surface area (Å²) in [5.41, 5.74) is -2.77. The Labute approximate surface area is 206 Å². The van der Waals surface area contributed by atoms with Gasteiger partial charge in [0.2, 0.25) is 0 Å². The first-order chi connectivity index (χ1) is 17.0. The van der Waals surface area contributed by atoms with Crippen LogP contribution in [-0.4, -0.2) is 8.75 Å². The minimum absolute atomic E-state index is 0.0546. The van der Waals surface area contributed by atoms with Crippen LogP contribution in [-0.2, 0) is 6.18 Å². The normalized spacial score (nSPS) is 10.5. The molecule has 8 nitrogen and oxygen atoms in total. The Morgan fingerprint density at radius 1 is 0.778 bits per heavy atom. The van der Waals surface area contributed by atoms with Crippen molar-refractivity contribution in [3.63, 3.8) is 0 Å². The van der Waals surface area contributed by atoms with Gasteiger partial charge in [-0.3, -0.25) is 18.3 Å². The second kappa shape index (κ2) is 10.9. The van der Waals surface area contributed by atoms with Crippen molar-refractivity contribution < 1.29 is 22.0 Å². The number of benzene rings is 2. The van der Waals surface area contributed by atoms with Gasteiger partial charge >= 0.3 is 6.18 Å². The predicted molar refractivity (Wildman–Crippen MR) is 124 cm³/mol. The summed E-state index contributed by atoms with van der Waals surface area (Å²) in [7, 11) is 0. The molecule has 0 aliphatic heterocycles. The number of aromatic nitrogens is 2. The van der Waals surface area contributed by atoms with Gasteiger partial charge in [-0.2, -0.15) is 23.7 Å². The lowest BCUT2D eigenvalue weighted by atomic mass is 10.1.